The highest BCUT2D eigenvalue weighted by molar-refractivity contribution is 5.45. The predicted octanol–water partition coefficient (Wildman–Crippen LogP) is 3.19. The lowest BCUT2D eigenvalue weighted by molar-refractivity contribution is 0.456. The number of rotatable bonds is 4. The first-order valence-electron chi connectivity index (χ1n) is 6.40. The van der Waals surface area contributed by atoms with Crippen LogP contribution in [0.4, 0.5) is 5.82 Å². The number of anilines is 1. The zero-order valence-corrected chi connectivity index (χ0v) is 11.8. The SMILES string of the molecule is CCNc1cc(Oc2cc(C#N)ccc2C)nc(C)n1. The highest BCUT2D eigenvalue weighted by atomic mass is 16.5. The summed E-state index contributed by atoms with van der Waals surface area (Å²) in [6.07, 6.45) is 0. The van der Waals surface area contributed by atoms with Crippen LogP contribution in [0.1, 0.15) is 23.9 Å². The van der Waals surface area contributed by atoms with Gasteiger partial charge in [-0.2, -0.15) is 10.2 Å². The van der Waals surface area contributed by atoms with Gasteiger partial charge in [0.25, 0.3) is 0 Å². The topological polar surface area (TPSA) is 70.8 Å². The van der Waals surface area contributed by atoms with E-state index in [2.05, 4.69) is 21.4 Å². The van der Waals surface area contributed by atoms with E-state index < -0.39 is 0 Å². The summed E-state index contributed by atoms with van der Waals surface area (Å²) in [6, 6.07) is 9.17. The Hall–Kier alpha value is -2.61. The van der Waals surface area contributed by atoms with E-state index in [1.807, 2.05) is 26.8 Å². The second-order valence-electron chi connectivity index (χ2n) is 4.36. The van der Waals surface area contributed by atoms with E-state index >= 15 is 0 Å². The minimum Gasteiger partial charge on any atom is -0.439 e. The third-order valence-electron chi connectivity index (χ3n) is 2.70. The lowest BCUT2D eigenvalue weighted by atomic mass is 10.1. The molecule has 0 unspecified atom stereocenters. The maximum absolute atomic E-state index is 8.94. The van der Waals surface area contributed by atoms with Gasteiger partial charge in [-0.05, 0) is 38.5 Å². The number of benzene rings is 1. The van der Waals surface area contributed by atoms with Crippen LogP contribution in [-0.2, 0) is 0 Å². The lowest BCUT2D eigenvalue weighted by Crippen LogP contribution is -2.02. The van der Waals surface area contributed by atoms with Gasteiger partial charge in [-0.1, -0.05) is 6.07 Å². The van der Waals surface area contributed by atoms with Crippen LogP contribution in [0.15, 0.2) is 24.3 Å². The molecule has 1 N–H and O–H groups in total. The molecule has 0 amide bonds. The highest BCUT2D eigenvalue weighted by Gasteiger charge is 2.07. The highest BCUT2D eigenvalue weighted by Crippen LogP contribution is 2.26. The molecule has 102 valence electrons. The van der Waals surface area contributed by atoms with Crippen molar-refractivity contribution in [2.24, 2.45) is 0 Å². The molecule has 0 spiro atoms. The molecule has 1 heterocycles. The molecule has 0 fully saturated rings. The number of nitrogens with zero attached hydrogens (tertiary/aromatic N) is 3. The molecule has 20 heavy (non-hydrogen) atoms. The van der Waals surface area contributed by atoms with Crippen LogP contribution in [0.3, 0.4) is 0 Å². The largest absolute Gasteiger partial charge is 0.439 e. The molecule has 0 radical (unpaired) electrons. The molecule has 5 nitrogen and oxygen atoms in total. The van der Waals surface area contributed by atoms with E-state index in [0.717, 1.165) is 17.9 Å². The second-order valence-corrected chi connectivity index (χ2v) is 4.36. The second kappa shape index (κ2) is 6.02. The van der Waals surface area contributed by atoms with Crippen LogP contribution in [0.2, 0.25) is 0 Å². The van der Waals surface area contributed by atoms with Gasteiger partial charge in [0.05, 0.1) is 11.6 Å². The van der Waals surface area contributed by atoms with Crippen LogP contribution in [0, 0.1) is 25.2 Å². The van der Waals surface area contributed by atoms with Gasteiger partial charge in [0.15, 0.2) is 0 Å². The number of nitriles is 1. The minimum atomic E-state index is 0.464. The summed E-state index contributed by atoms with van der Waals surface area (Å²) in [5, 5.41) is 12.1. The molecule has 0 saturated heterocycles. The monoisotopic (exact) mass is 268 g/mol. The maximum Gasteiger partial charge on any atom is 0.224 e. The minimum absolute atomic E-state index is 0.464. The van der Waals surface area contributed by atoms with Gasteiger partial charge in [0.1, 0.15) is 17.4 Å². The molecule has 1 aromatic carbocycles. The molecular weight excluding hydrogens is 252 g/mol. The van der Waals surface area contributed by atoms with Gasteiger partial charge in [-0.15, -0.1) is 0 Å². The van der Waals surface area contributed by atoms with Gasteiger partial charge in [0.2, 0.25) is 5.88 Å². The van der Waals surface area contributed by atoms with Gasteiger partial charge in [-0.3, -0.25) is 0 Å². The van der Waals surface area contributed by atoms with Gasteiger partial charge in [0, 0.05) is 12.6 Å². The first kappa shape index (κ1) is 13.8. The molecule has 2 rings (SSSR count). The Morgan fingerprint density at radius 2 is 2.05 bits per heavy atom. The summed E-state index contributed by atoms with van der Waals surface area (Å²) in [4.78, 5) is 8.52. The normalized spacial score (nSPS) is 9.90. The molecule has 0 atom stereocenters. The van der Waals surface area contributed by atoms with Crippen molar-refractivity contribution in [2.75, 3.05) is 11.9 Å². The van der Waals surface area contributed by atoms with E-state index in [9.17, 15) is 0 Å². The van der Waals surface area contributed by atoms with Gasteiger partial charge >= 0.3 is 0 Å². The average molecular weight is 268 g/mol. The number of hydrogen-bond donors (Lipinski definition) is 1. The van der Waals surface area contributed by atoms with E-state index in [-0.39, 0.29) is 0 Å². The summed E-state index contributed by atoms with van der Waals surface area (Å²) >= 11 is 0. The number of ether oxygens (including phenoxy) is 1. The van der Waals surface area contributed by atoms with Crippen molar-refractivity contribution >= 4 is 5.82 Å². The first-order chi connectivity index (χ1) is 9.62. The Morgan fingerprint density at radius 3 is 2.75 bits per heavy atom. The van der Waals surface area contributed by atoms with Crippen molar-refractivity contribution in [1.29, 1.82) is 5.26 Å². The summed E-state index contributed by atoms with van der Waals surface area (Å²) in [7, 11) is 0. The molecular formula is C15H16N4O. The Balaban J connectivity index is 2.32. The third-order valence-corrected chi connectivity index (χ3v) is 2.70. The Bertz CT molecular complexity index is 661. The number of hydrogen-bond acceptors (Lipinski definition) is 5. The molecule has 2 aromatic rings. The Morgan fingerprint density at radius 1 is 1.25 bits per heavy atom. The van der Waals surface area contributed by atoms with Gasteiger partial charge in [-0.25, -0.2) is 4.98 Å². The maximum atomic E-state index is 8.94. The quantitative estimate of drug-likeness (QED) is 0.922. The average Bonchev–Trinajstić information content (AvgIpc) is 2.41. The smallest absolute Gasteiger partial charge is 0.224 e. The van der Waals surface area contributed by atoms with Crippen molar-refractivity contribution in [3.8, 4) is 17.7 Å². The number of nitrogens with one attached hydrogen (secondary N) is 1. The zero-order chi connectivity index (χ0) is 14.5. The fourth-order valence-electron chi connectivity index (χ4n) is 1.76. The van der Waals surface area contributed by atoms with Crippen molar-refractivity contribution in [1.82, 2.24) is 9.97 Å². The molecule has 0 aliphatic heterocycles. The van der Waals surface area contributed by atoms with Crippen LogP contribution < -0.4 is 10.1 Å². The van der Waals surface area contributed by atoms with E-state index in [1.54, 1.807) is 18.2 Å². The number of aromatic nitrogens is 2. The molecule has 0 saturated carbocycles. The molecule has 0 bridgehead atoms. The van der Waals surface area contributed by atoms with Crippen LogP contribution in [0.5, 0.6) is 11.6 Å². The third kappa shape index (κ3) is 3.23. The fourth-order valence-corrected chi connectivity index (χ4v) is 1.76. The first-order valence-corrected chi connectivity index (χ1v) is 6.40. The van der Waals surface area contributed by atoms with Crippen LogP contribution >= 0.6 is 0 Å². The van der Waals surface area contributed by atoms with Crippen LogP contribution in [-0.4, -0.2) is 16.5 Å². The standard InChI is InChI=1S/C15H16N4O/c1-4-17-14-8-15(19-11(3)18-14)20-13-7-12(9-16)6-5-10(13)2/h5-8H,4H2,1-3H3,(H,17,18,19). The summed E-state index contributed by atoms with van der Waals surface area (Å²) in [6.45, 7) is 6.51. The van der Waals surface area contributed by atoms with Crippen molar-refractivity contribution in [2.45, 2.75) is 20.8 Å². The molecule has 1 aromatic heterocycles. The van der Waals surface area contributed by atoms with E-state index in [4.69, 9.17) is 10.00 Å². The van der Waals surface area contributed by atoms with Crippen molar-refractivity contribution in [3.63, 3.8) is 0 Å². The van der Waals surface area contributed by atoms with Gasteiger partial charge < -0.3 is 10.1 Å². The summed E-state index contributed by atoms with van der Waals surface area (Å²) < 4.78 is 5.78. The molecule has 5 heteroatoms. The predicted molar refractivity (Wildman–Crippen MR) is 76.9 cm³/mol. The Labute approximate surface area is 118 Å². The van der Waals surface area contributed by atoms with Crippen molar-refractivity contribution < 1.29 is 4.74 Å². The molecule has 0 aliphatic carbocycles. The fraction of sp³-hybridized carbons (Fsp3) is 0.267. The molecule has 0 aliphatic rings. The summed E-state index contributed by atoms with van der Waals surface area (Å²) in [5.41, 5.74) is 1.51. The van der Waals surface area contributed by atoms with Crippen molar-refractivity contribution in [3.05, 3.63) is 41.2 Å². The van der Waals surface area contributed by atoms with Crippen LogP contribution in [0.25, 0.3) is 0 Å². The zero-order valence-electron chi connectivity index (χ0n) is 11.8. The number of aryl methyl sites for hydroxylation is 2. The van der Waals surface area contributed by atoms with E-state index in [1.165, 1.54) is 0 Å². The summed E-state index contributed by atoms with van der Waals surface area (Å²) in [5.74, 6) is 2.45. The Kier molecular flexibility index (Phi) is 4.16. The van der Waals surface area contributed by atoms with E-state index in [0.29, 0.717) is 23.0 Å². The lowest BCUT2D eigenvalue weighted by Gasteiger charge is -2.10.